The standard InChI is InChI=1S/C34H39N5O2/c40-33(26-13-17-35-18-14-26)37-30(22-23-9-10-24-5-1-2-6-27(24)21-23)34(41)38-19-15-28(16-20-38)39-31-8-4-3-7-29(31)36-32(39)25-11-12-25/h1-10,21,25-26,28,30,35H,11-20,22H2,(H,37,40)/t30-/m1/s1. The van der Waals surface area contributed by atoms with Gasteiger partial charge in [0.2, 0.25) is 11.8 Å². The van der Waals surface area contributed by atoms with E-state index >= 15 is 0 Å². The fourth-order valence-electron chi connectivity index (χ4n) is 6.82. The molecule has 2 aliphatic heterocycles. The number of carbonyl (C=O) groups excluding carboxylic acids is 2. The van der Waals surface area contributed by atoms with Crippen LogP contribution in [0.25, 0.3) is 21.8 Å². The summed E-state index contributed by atoms with van der Waals surface area (Å²) < 4.78 is 2.47. The van der Waals surface area contributed by atoms with Gasteiger partial charge in [0.15, 0.2) is 0 Å². The van der Waals surface area contributed by atoms with Crippen molar-refractivity contribution in [3.05, 3.63) is 78.1 Å². The van der Waals surface area contributed by atoms with Crippen molar-refractivity contribution in [2.45, 2.75) is 62.9 Å². The third-order valence-electron chi connectivity index (χ3n) is 9.29. The highest BCUT2D eigenvalue weighted by Crippen LogP contribution is 2.43. The third-order valence-corrected chi connectivity index (χ3v) is 9.29. The van der Waals surface area contributed by atoms with Gasteiger partial charge in [-0.1, -0.05) is 54.6 Å². The average Bonchev–Trinajstić information content (AvgIpc) is 3.80. The Bertz CT molecular complexity index is 1560. The summed E-state index contributed by atoms with van der Waals surface area (Å²) in [6.45, 7) is 3.08. The zero-order chi connectivity index (χ0) is 27.8. The van der Waals surface area contributed by atoms with Crippen LogP contribution in [-0.2, 0) is 16.0 Å². The van der Waals surface area contributed by atoms with E-state index in [0.29, 0.717) is 31.5 Å². The second-order valence-electron chi connectivity index (χ2n) is 12.1. The highest BCUT2D eigenvalue weighted by Gasteiger charge is 2.35. The molecule has 2 saturated heterocycles. The Morgan fingerprint density at radius 2 is 1.61 bits per heavy atom. The second kappa shape index (κ2) is 11.3. The first-order valence-corrected chi connectivity index (χ1v) is 15.4. The molecule has 1 atom stereocenters. The van der Waals surface area contributed by atoms with Crippen LogP contribution in [0, 0.1) is 5.92 Å². The van der Waals surface area contributed by atoms with Crippen molar-refractivity contribution in [2.24, 2.45) is 5.92 Å². The molecular weight excluding hydrogens is 510 g/mol. The van der Waals surface area contributed by atoms with E-state index in [1.54, 1.807) is 0 Å². The van der Waals surface area contributed by atoms with E-state index in [9.17, 15) is 9.59 Å². The maximum absolute atomic E-state index is 14.1. The van der Waals surface area contributed by atoms with Crippen molar-refractivity contribution in [3.8, 4) is 0 Å². The SMILES string of the molecule is O=C(N[C@H](Cc1ccc2ccccc2c1)C(=O)N1CCC(n2c(C3CC3)nc3ccccc32)CC1)C1CCNCC1. The minimum absolute atomic E-state index is 0.0134. The van der Waals surface area contributed by atoms with Crippen LogP contribution < -0.4 is 10.6 Å². The quantitative estimate of drug-likeness (QED) is 0.342. The summed E-state index contributed by atoms with van der Waals surface area (Å²) in [6.07, 6.45) is 6.36. The lowest BCUT2D eigenvalue weighted by molar-refractivity contribution is -0.138. The largest absolute Gasteiger partial charge is 0.344 e. The monoisotopic (exact) mass is 549 g/mol. The minimum Gasteiger partial charge on any atom is -0.344 e. The number of para-hydroxylation sites is 2. The molecule has 2 N–H and O–H groups in total. The van der Waals surface area contributed by atoms with Crippen LogP contribution in [0.3, 0.4) is 0 Å². The number of carbonyl (C=O) groups is 2. The van der Waals surface area contributed by atoms with Gasteiger partial charge in [0.1, 0.15) is 11.9 Å². The highest BCUT2D eigenvalue weighted by atomic mass is 16.2. The molecule has 3 aromatic carbocycles. The van der Waals surface area contributed by atoms with Gasteiger partial charge in [-0.2, -0.15) is 0 Å². The first kappa shape index (κ1) is 26.2. The van der Waals surface area contributed by atoms with Gasteiger partial charge in [-0.05, 0) is 80.1 Å². The first-order chi connectivity index (χ1) is 20.1. The third kappa shape index (κ3) is 5.47. The number of fused-ring (bicyclic) bond motifs is 2. The van der Waals surface area contributed by atoms with Crippen molar-refractivity contribution in [3.63, 3.8) is 0 Å². The van der Waals surface area contributed by atoms with Gasteiger partial charge in [0.25, 0.3) is 0 Å². The Morgan fingerprint density at radius 3 is 2.39 bits per heavy atom. The van der Waals surface area contributed by atoms with Crippen LogP contribution in [0.2, 0.25) is 0 Å². The molecule has 0 unspecified atom stereocenters. The number of likely N-dealkylation sites (tertiary alicyclic amines) is 1. The maximum atomic E-state index is 14.1. The van der Waals surface area contributed by atoms with Gasteiger partial charge in [-0.3, -0.25) is 9.59 Å². The molecule has 1 saturated carbocycles. The van der Waals surface area contributed by atoms with Crippen LogP contribution in [-0.4, -0.2) is 58.5 Å². The molecule has 7 nitrogen and oxygen atoms in total. The van der Waals surface area contributed by atoms with E-state index in [1.165, 1.54) is 29.6 Å². The molecule has 0 spiro atoms. The summed E-state index contributed by atoms with van der Waals surface area (Å²) >= 11 is 0. The van der Waals surface area contributed by atoms with E-state index in [0.717, 1.165) is 55.2 Å². The fraction of sp³-hybridized carbons (Fsp3) is 0.441. The Labute approximate surface area is 241 Å². The van der Waals surface area contributed by atoms with Crippen LogP contribution >= 0.6 is 0 Å². The lowest BCUT2D eigenvalue weighted by Crippen LogP contribution is -2.53. The Morgan fingerprint density at radius 1 is 0.878 bits per heavy atom. The Balaban J connectivity index is 1.09. The molecule has 3 fully saturated rings. The van der Waals surface area contributed by atoms with E-state index < -0.39 is 6.04 Å². The molecule has 7 rings (SSSR count). The number of hydrogen-bond acceptors (Lipinski definition) is 4. The first-order valence-electron chi connectivity index (χ1n) is 15.4. The normalized spacial score (nSPS) is 19.5. The van der Waals surface area contributed by atoms with Crippen molar-refractivity contribution in [1.82, 2.24) is 25.1 Å². The topological polar surface area (TPSA) is 79.3 Å². The van der Waals surface area contributed by atoms with Gasteiger partial charge in [0, 0.05) is 37.4 Å². The Hall–Kier alpha value is -3.71. The molecule has 0 radical (unpaired) electrons. The molecule has 7 heteroatoms. The van der Waals surface area contributed by atoms with Gasteiger partial charge in [-0.25, -0.2) is 4.98 Å². The number of nitrogens with one attached hydrogen (secondary N) is 2. The number of amides is 2. The summed E-state index contributed by atoms with van der Waals surface area (Å²) in [4.78, 5) is 34.4. The minimum atomic E-state index is -0.564. The van der Waals surface area contributed by atoms with Gasteiger partial charge in [-0.15, -0.1) is 0 Å². The van der Waals surface area contributed by atoms with Gasteiger partial charge in [0.05, 0.1) is 11.0 Å². The second-order valence-corrected chi connectivity index (χ2v) is 12.1. The molecule has 1 aromatic heterocycles. The molecule has 2 amide bonds. The zero-order valence-electron chi connectivity index (χ0n) is 23.6. The number of piperidine rings is 2. The van der Waals surface area contributed by atoms with E-state index in [-0.39, 0.29) is 17.7 Å². The summed E-state index contributed by atoms with van der Waals surface area (Å²) in [5.41, 5.74) is 3.35. The molecule has 41 heavy (non-hydrogen) atoms. The van der Waals surface area contributed by atoms with Gasteiger partial charge < -0.3 is 20.1 Å². The summed E-state index contributed by atoms with van der Waals surface area (Å²) in [6, 6.07) is 22.9. The molecule has 1 aliphatic carbocycles. The predicted molar refractivity (Wildman–Crippen MR) is 162 cm³/mol. The number of aromatic nitrogens is 2. The summed E-state index contributed by atoms with van der Waals surface area (Å²) in [5, 5.41) is 8.87. The molecule has 212 valence electrons. The van der Waals surface area contributed by atoms with Crippen molar-refractivity contribution >= 4 is 33.6 Å². The average molecular weight is 550 g/mol. The number of hydrogen-bond donors (Lipinski definition) is 2. The summed E-state index contributed by atoms with van der Waals surface area (Å²) in [7, 11) is 0. The molecule has 4 aromatic rings. The molecule has 3 heterocycles. The van der Waals surface area contributed by atoms with E-state index in [2.05, 4.69) is 69.8 Å². The lowest BCUT2D eigenvalue weighted by atomic mass is 9.95. The van der Waals surface area contributed by atoms with Crippen molar-refractivity contribution < 1.29 is 9.59 Å². The van der Waals surface area contributed by atoms with Gasteiger partial charge >= 0.3 is 0 Å². The number of nitrogens with zero attached hydrogens (tertiary/aromatic N) is 3. The molecule has 3 aliphatic rings. The fourth-order valence-corrected chi connectivity index (χ4v) is 6.82. The number of imidazole rings is 1. The van der Waals surface area contributed by atoms with Crippen molar-refractivity contribution in [2.75, 3.05) is 26.2 Å². The van der Waals surface area contributed by atoms with Crippen molar-refractivity contribution in [1.29, 1.82) is 0 Å². The Kier molecular flexibility index (Phi) is 7.21. The van der Waals surface area contributed by atoms with Crippen LogP contribution in [0.15, 0.2) is 66.7 Å². The molecular formula is C34H39N5O2. The van der Waals surface area contributed by atoms with E-state index in [4.69, 9.17) is 4.98 Å². The number of benzene rings is 3. The highest BCUT2D eigenvalue weighted by molar-refractivity contribution is 5.89. The smallest absolute Gasteiger partial charge is 0.245 e. The zero-order valence-corrected chi connectivity index (χ0v) is 23.6. The number of rotatable bonds is 7. The van der Waals surface area contributed by atoms with Crippen LogP contribution in [0.1, 0.15) is 61.9 Å². The lowest BCUT2D eigenvalue weighted by Gasteiger charge is -2.36. The summed E-state index contributed by atoms with van der Waals surface area (Å²) in [5.74, 6) is 1.80. The molecule has 0 bridgehead atoms. The maximum Gasteiger partial charge on any atom is 0.245 e. The van der Waals surface area contributed by atoms with Crippen LogP contribution in [0.4, 0.5) is 0 Å². The van der Waals surface area contributed by atoms with Crippen LogP contribution in [0.5, 0.6) is 0 Å². The predicted octanol–water partition coefficient (Wildman–Crippen LogP) is 4.96. The van der Waals surface area contributed by atoms with E-state index in [1.807, 2.05) is 17.0 Å².